The highest BCUT2D eigenvalue weighted by molar-refractivity contribution is 5.70. The van der Waals surface area contributed by atoms with Crippen molar-refractivity contribution in [3.05, 3.63) is 43.0 Å². The maximum absolute atomic E-state index is 13.4. The monoisotopic (exact) mass is 849 g/mol. The molecule has 20 nitrogen and oxygen atoms in total. The molecule has 2 saturated heterocycles. The number of hydrogen-bond donors (Lipinski definition) is 1. The predicted molar refractivity (Wildman–Crippen MR) is 221 cm³/mol. The van der Waals surface area contributed by atoms with Crippen LogP contribution in [0.25, 0.3) is 10.4 Å². The summed E-state index contributed by atoms with van der Waals surface area (Å²) in [7, 11) is 0. The van der Waals surface area contributed by atoms with Gasteiger partial charge in [0.2, 0.25) is 0 Å². The van der Waals surface area contributed by atoms with Gasteiger partial charge in [0.1, 0.15) is 35.7 Å². The lowest BCUT2D eigenvalue weighted by Crippen LogP contribution is -2.47. The number of ether oxygens (including phenoxy) is 5. The lowest BCUT2D eigenvalue weighted by Gasteiger charge is -2.34. The molecule has 20 heteroatoms. The molecule has 338 valence electrons. The normalized spacial score (nSPS) is 20.4. The van der Waals surface area contributed by atoms with E-state index in [4.69, 9.17) is 29.2 Å². The van der Waals surface area contributed by atoms with E-state index >= 15 is 0 Å². The van der Waals surface area contributed by atoms with Gasteiger partial charge in [-0.2, -0.15) is 0 Å². The van der Waals surface area contributed by atoms with Crippen molar-refractivity contribution in [2.75, 3.05) is 65.5 Å². The summed E-state index contributed by atoms with van der Waals surface area (Å²) < 4.78 is 29.8. The van der Waals surface area contributed by atoms with E-state index < -0.39 is 70.7 Å². The summed E-state index contributed by atoms with van der Waals surface area (Å²) >= 11 is 0. The third kappa shape index (κ3) is 17.4. The van der Waals surface area contributed by atoms with Crippen LogP contribution in [0.3, 0.4) is 0 Å². The van der Waals surface area contributed by atoms with Gasteiger partial charge in [-0.3, -0.25) is 19.1 Å². The van der Waals surface area contributed by atoms with Gasteiger partial charge >= 0.3 is 29.9 Å². The summed E-state index contributed by atoms with van der Waals surface area (Å²) in [6.07, 6.45) is 0.701. The molecule has 1 N–H and O–H groups in total. The number of hydrogen-bond acceptors (Lipinski definition) is 13. The molecule has 0 aliphatic carbocycles. The van der Waals surface area contributed by atoms with Crippen molar-refractivity contribution in [1.29, 1.82) is 0 Å². The average molecular weight is 850 g/mol. The molecule has 1 aromatic heterocycles. The van der Waals surface area contributed by atoms with Crippen molar-refractivity contribution < 1.29 is 42.9 Å². The van der Waals surface area contributed by atoms with Crippen LogP contribution < -0.4 is 11.2 Å². The number of H-pyrrole nitrogens is 1. The molecule has 3 amide bonds. The number of nitrogens with zero attached hydrogens (tertiary/aromatic N) is 8. The molecule has 3 heterocycles. The molecule has 3 unspecified atom stereocenters. The Bertz CT molecular complexity index is 1770. The Morgan fingerprint density at radius 2 is 1.28 bits per heavy atom. The Morgan fingerprint density at radius 1 is 0.783 bits per heavy atom. The van der Waals surface area contributed by atoms with Crippen molar-refractivity contribution in [1.82, 2.24) is 29.2 Å². The van der Waals surface area contributed by atoms with Crippen molar-refractivity contribution in [3.63, 3.8) is 0 Å². The molecule has 2 aliphatic rings. The molecular weight excluding hydrogens is 782 g/mol. The molecule has 0 aromatic carbocycles. The van der Waals surface area contributed by atoms with E-state index in [1.54, 1.807) is 83.9 Å². The second-order valence-electron chi connectivity index (χ2n) is 18.2. The zero-order chi connectivity index (χ0) is 44.8. The van der Waals surface area contributed by atoms with Gasteiger partial charge in [0.25, 0.3) is 5.56 Å². The minimum absolute atomic E-state index is 0.110. The molecule has 60 heavy (non-hydrogen) atoms. The van der Waals surface area contributed by atoms with Crippen LogP contribution in [0.2, 0.25) is 0 Å². The maximum atomic E-state index is 13.4. The van der Waals surface area contributed by atoms with Crippen molar-refractivity contribution in [2.45, 2.75) is 143 Å². The van der Waals surface area contributed by atoms with Gasteiger partial charge in [0.05, 0.1) is 6.04 Å². The lowest BCUT2D eigenvalue weighted by molar-refractivity contribution is -0.148. The fourth-order valence-electron chi connectivity index (χ4n) is 6.51. The molecule has 0 saturated carbocycles. The molecule has 3 atom stereocenters. The summed E-state index contributed by atoms with van der Waals surface area (Å²) in [4.78, 5) is 89.3. The van der Waals surface area contributed by atoms with Crippen molar-refractivity contribution >= 4 is 24.2 Å². The third-order valence-corrected chi connectivity index (χ3v) is 9.41. The second kappa shape index (κ2) is 22.2. The van der Waals surface area contributed by atoms with Crippen LogP contribution in [-0.4, -0.2) is 148 Å². The summed E-state index contributed by atoms with van der Waals surface area (Å²) in [6.45, 7) is 20.9. The number of esters is 1. The number of carbonyl (C=O) groups is 4. The fourth-order valence-corrected chi connectivity index (χ4v) is 6.51. The number of amides is 3. The second-order valence-corrected chi connectivity index (χ2v) is 18.2. The Kier molecular flexibility index (Phi) is 18.3. The number of rotatable bonds is 9. The maximum Gasteiger partial charge on any atom is 0.410 e. The van der Waals surface area contributed by atoms with Crippen LogP contribution in [0.1, 0.15) is 113 Å². The van der Waals surface area contributed by atoms with Gasteiger partial charge in [0.15, 0.2) is 0 Å². The van der Waals surface area contributed by atoms with Crippen LogP contribution in [0.15, 0.2) is 20.9 Å². The first-order valence-corrected chi connectivity index (χ1v) is 20.8. The van der Waals surface area contributed by atoms with Crippen LogP contribution in [-0.2, 0) is 28.5 Å². The van der Waals surface area contributed by atoms with Crippen LogP contribution in [0.4, 0.5) is 14.4 Å². The topological polar surface area (TPSA) is 231 Å². The molecule has 0 spiro atoms. The SMILES string of the molecule is Cc1cn(C2CC(N=[N+]=[N-])C(COC(=O)CCCCN3CCCN(C(=O)OC(C)(C)C)CCN(C(=O)OC(C)(C)C)CCCN(C(=O)OC(C)(C)C)CC3)O2)c(=O)[nH]c1=O. The van der Waals surface area contributed by atoms with Gasteiger partial charge in [-0.05, 0) is 114 Å². The minimum Gasteiger partial charge on any atom is -0.463 e. The van der Waals surface area contributed by atoms with E-state index in [0.717, 1.165) is 0 Å². The van der Waals surface area contributed by atoms with Crippen LogP contribution >= 0.6 is 0 Å². The Labute approximate surface area is 352 Å². The number of nitrogens with one attached hydrogen (secondary N) is 1. The zero-order valence-corrected chi connectivity index (χ0v) is 37.2. The number of aromatic amines is 1. The predicted octanol–water partition coefficient (Wildman–Crippen LogP) is 5.33. The molecule has 3 rings (SSSR count). The van der Waals surface area contributed by atoms with Gasteiger partial charge < -0.3 is 43.3 Å². The number of azide groups is 1. The summed E-state index contributed by atoms with van der Waals surface area (Å²) in [6, 6.07) is -0.704. The number of aromatic nitrogens is 2. The molecule has 0 bridgehead atoms. The van der Waals surface area contributed by atoms with Crippen LogP contribution in [0, 0.1) is 6.92 Å². The highest BCUT2D eigenvalue weighted by Gasteiger charge is 2.37. The zero-order valence-electron chi connectivity index (χ0n) is 37.2. The number of carbonyl (C=O) groups excluding carboxylic acids is 4. The first kappa shape index (κ1) is 49.6. The van der Waals surface area contributed by atoms with E-state index in [1.807, 2.05) is 0 Å². The third-order valence-electron chi connectivity index (χ3n) is 9.41. The first-order valence-electron chi connectivity index (χ1n) is 20.8. The van der Waals surface area contributed by atoms with Gasteiger partial charge in [-0.25, -0.2) is 19.2 Å². The summed E-state index contributed by atoms with van der Waals surface area (Å²) in [5, 5.41) is 3.78. The van der Waals surface area contributed by atoms with Gasteiger partial charge in [0, 0.05) is 75.3 Å². The standard InChI is InChI=1S/C40H67N9O11/c1-28-26-49(34(52)42-33(28)51)31-25-29(43-44-41)30(57-31)27-56-32(50)15-11-12-16-45-17-13-18-47(36(54)59-39(5,6)7)23-24-48(37(55)60-40(8,9)10)20-14-19-46(22-21-45)35(53)58-38(2,3)4/h26,29-31H,11-25,27H2,1-10H3,(H,42,51,52). The summed E-state index contributed by atoms with van der Waals surface area (Å²) in [5.74, 6) is -0.468. The Morgan fingerprint density at radius 3 is 1.78 bits per heavy atom. The first-order chi connectivity index (χ1) is 27.9. The summed E-state index contributed by atoms with van der Waals surface area (Å²) in [5.41, 5.74) is 6.08. The van der Waals surface area contributed by atoms with Crippen LogP contribution in [0.5, 0.6) is 0 Å². The van der Waals surface area contributed by atoms with E-state index in [-0.39, 0.29) is 39.1 Å². The molecule has 2 fully saturated rings. The lowest BCUT2D eigenvalue weighted by atomic mass is 10.1. The molecule has 2 aliphatic heterocycles. The van der Waals surface area contributed by atoms with E-state index in [9.17, 15) is 28.8 Å². The average Bonchev–Trinajstić information content (AvgIpc) is 3.51. The van der Waals surface area contributed by atoms with Crippen molar-refractivity contribution in [3.8, 4) is 0 Å². The molecular formula is C40H67N9O11. The van der Waals surface area contributed by atoms with E-state index in [2.05, 4.69) is 19.9 Å². The highest BCUT2D eigenvalue weighted by Crippen LogP contribution is 2.30. The Balaban J connectivity index is 1.66. The van der Waals surface area contributed by atoms with Crippen molar-refractivity contribution in [2.24, 2.45) is 5.11 Å². The fraction of sp³-hybridized carbons (Fsp3) is 0.800. The number of aryl methyl sites for hydroxylation is 1. The van der Waals surface area contributed by atoms with Gasteiger partial charge in [-0.1, -0.05) is 5.11 Å². The van der Waals surface area contributed by atoms with E-state index in [0.29, 0.717) is 70.5 Å². The smallest absolute Gasteiger partial charge is 0.410 e. The Hall–Kier alpha value is -4.81. The highest BCUT2D eigenvalue weighted by atomic mass is 16.6. The largest absolute Gasteiger partial charge is 0.463 e. The minimum atomic E-state index is -0.824. The van der Waals surface area contributed by atoms with Gasteiger partial charge in [-0.15, -0.1) is 0 Å². The quantitative estimate of drug-likeness (QED) is 0.0830. The molecule has 1 aromatic rings. The van der Waals surface area contributed by atoms with E-state index in [1.165, 1.54) is 10.8 Å². The molecule has 0 radical (unpaired) electrons. The number of unbranched alkanes of at least 4 members (excludes halogenated alkanes) is 1.